The predicted octanol–water partition coefficient (Wildman–Crippen LogP) is 3.87. The van der Waals surface area contributed by atoms with Crippen molar-refractivity contribution in [3.63, 3.8) is 0 Å². The van der Waals surface area contributed by atoms with Gasteiger partial charge >= 0.3 is 0 Å². The first-order valence-corrected chi connectivity index (χ1v) is 9.84. The molecular formula is C21H33IN4O. The molecule has 0 bridgehead atoms. The Kier molecular flexibility index (Phi) is 9.41. The Morgan fingerprint density at radius 2 is 2.11 bits per heavy atom. The van der Waals surface area contributed by atoms with Crippen LogP contribution in [0.1, 0.15) is 44.2 Å². The molecule has 0 spiro atoms. The van der Waals surface area contributed by atoms with E-state index in [0.717, 1.165) is 38.6 Å². The topological polar surface area (TPSA) is 48.9 Å². The molecule has 1 atom stereocenters. The van der Waals surface area contributed by atoms with E-state index in [9.17, 15) is 0 Å². The summed E-state index contributed by atoms with van der Waals surface area (Å²) < 4.78 is 5.36. The fourth-order valence-corrected chi connectivity index (χ4v) is 3.58. The second-order valence-electron chi connectivity index (χ2n) is 7.09. The molecule has 1 aromatic rings. The average Bonchev–Trinajstić information content (AvgIpc) is 3.23. The number of hydrogen-bond acceptors (Lipinski definition) is 3. The van der Waals surface area contributed by atoms with Crippen molar-refractivity contribution in [2.24, 2.45) is 4.99 Å². The lowest BCUT2D eigenvalue weighted by Crippen LogP contribution is -2.39. The van der Waals surface area contributed by atoms with Crippen LogP contribution in [0.2, 0.25) is 0 Å². The molecule has 0 radical (unpaired) electrons. The number of hydrogen-bond donors (Lipinski definition) is 2. The average molecular weight is 484 g/mol. The van der Waals surface area contributed by atoms with Gasteiger partial charge in [-0.3, -0.25) is 4.99 Å². The van der Waals surface area contributed by atoms with Gasteiger partial charge in [-0.05, 0) is 50.3 Å². The first-order chi connectivity index (χ1) is 12.8. The lowest BCUT2D eigenvalue weighted by Gasteiger charge is -2.22. The number of halogens is 1. The van der Waals surface area contributed by atoms with Crippen LogP contribution >= 0.6 is 24.0 Å². The molecule has 1 saturated heterocycles. The molecule has 0 amide bonds. The highest BCUT2D eigenvalue weighted by molar-refractivity contribution is 14.0. The van der Waals surface area contributed by atoms with Gasteiger partial charge in [0.2, 0.25) is 0 Å². The maximum Gasteiger partial charge on any atom is 0.191 e. The van der Waals surface area contributed by atoms with Crippen molar-refractivity contribution in [2.75, 3.05) is 44.8 Å². The largest absolute Gasteiger partial charge is 0.377 e. The molecule has 3 rings (SSSR count). The maximum atomic E-state index is 5.36. The molecule has 2 aliphatic heterocycles. The van der Waals surface area contributed by atoms with Crippen LogP contribution in [-0.4, -0.2) is 45.9 Å². The van der Waals surface area contributed by atoms with E-state index in [1.807, 2.05) is 7.05 Å². The number of nitrogens with zero attached hydrogens (tertiary/aromatic N) is 2. The summed E-state index contributed by atoms with van der Waals surface area (Å²) in [6, 6.07) is 9.09. The van der Waals surface area contributed by atoms with Crippen LogP contribution < -0.4 is 15.5 Å². The maximum absolute atomic E-state index is 5.36. The van der Waals surface area contributed by atoms with Crippen molar-refractivity contribution in [3.05, 3.63) is 41.5 Å². The van der Waals surface area contributed by atoms with Crippen LogP contribution in [0.25, 0.3) is 0 Å². The number of nitrogens with one attached hydrogen (secondary N) is 2. The van der Waals surface area contributed by atoms with Crippen molar-refractivity contribution in [2.45, 2.75) is 38.6 Å². The zero-order chi connectivity index (χ0) is 18.2. The minimum absolute atomic E-state index is 0. The van der Waals surface area contributed by atoms with Crippen molar-refractivity contribution in [1.82, 2.24) is 10.6 Å². The van der Waals surface area contributed by atoms with E-state index in [2.05, 4.69) is 57.8 Å². The zero-order valence-electron chi connectivity index (χ0n) is 16.5. The minimum Gasteiger partial charge on any atom is -0.377 e. The number of aliphatic imine (C=N–C) groups is 1. The van der Waals surface area contributed by atoms with Crippen LogP contribution in [0.4, 0.5) is 5.69 Å². The molecule has 2 aliphatic rings. The third-order valence-electron chi connectivity index (χ3n) is 5.21. The molecule has 0 aliphatic carbocycles. The summed E-state index contributed by atoms with van der Waals surface area (Å²) in [6.07, 6.45) is 6.90. The summed E-state index contributed by atoms with van der Waals surface area (Å²) in [5.41, 5.74) is 4.11. The molecule has 150 valence electrons. The summed E-state index contributed by atoms with van der Waals surface area (Å²) >= 11 is 0. The number of rotatable bonds is 6. The van der Waals surface area contributed by atoms with E-state index >= 15 is 0 Å². The normalized spacial score (nSPS) is 18.5. The van der Waals surface area contributed by atoms with Gasteiger partial charge in [0.1, 0.15) is 0 Å². The Morgan fingerprint density at radius 3 is 2.81 bits per heavy atom. The van der Waals surface area contributed by atoms with Gasteiger partial charge in [-0.15, -0.1) is 24.0 Å². The molecule has 5 nitrogen and oxygen atoms in total. The highest BCUT2D eigenvalue weighted by Gasteiger charge is 2.14. The van der Waals surface area contributed by atoms with Gasteiger partial charge in [0, 0.05) is 32.4 Å². The van der Waals surface area contributed by atoms with Crippen LogP contribution in [0, 0.1) is 0 Å². The van der Waals surface area contributed by atoms with E-state index in [4.69, 9.17) is 4.74 Å². The number of benzene rings is 1. The van der Waals surface area contributed by atoms with Crippen LogP contribution in [-0.2, 0) is 4.74 Å². The Morgan fingerprint density at radius 1 is 1.30 bits per heavy atom. The fourth-order valence-electron chi connectivity index (χ4n) is 3.58. The van der Waals surface area contributed by atoms with Gasteiger partial charge < -0.3 is 20.3 Å². The third kappa shape index (κ3) is 6.68. The summed E-state index contributed by atoms with van der Waals surface area (Å²) in [4.78, 5) is 6.85. The van der Waals surface area contributed by atoms with E-state index in [1.165, 1.54) is 42.8 Å². The summed E-state index contributed by atoms with van der Waals surface area (Å²) in [5.74, 6) is 0.858. The molecule has 1 fully saturated rings. The summed E-state index contributed by atoms with van der Waals surface area (Å²) in [7, 11) is 1.83. The molecule has 6 heteroatoms. The third-order valence-corrected chi connectivity index (χ3v) is 5.21. The van der Waals surface area contributed by atoms with E-state index < -0.39 is 0 Å². The molecular weight excluding hydrogens is 451 g/mol. The molecule has 27 heavy (non-hydrogen) atoms. The minimum atomic E-state index is 0. The van der Waals surface area contributed by atoms with Gasteiger partial charge in [0.05, 0.1) is 19.3 Å². The van der Waals surface area contributed by atoms with Crippen LogP contribution in [0.3, 0.4) is 0 Å². The standard InChI is InChI=1S/C21H32N4O.HI/c1-17(19-6-5-7-20(16-19)25-12-3-4-13-25)24-21(22-2)23-11-8-18-9-14-26-15-10-18;/h5-7,9,16-17H,3-4,8,10-15H2,1-2H3,(H2,22,23,24);1H. The van der Waals surface area contributed by atoms with E-state index in [0.29, 0.717) is 0 Å². The summed E-state index contributed by atoms with van der Waals surface area (Å²) in [5, 5.41) is 6.95. The smallest absolute Gasteiger partial charge is 0.191 e. The van der Waals surface area contributed by atoms with Crippen molar-refractivity contribution in [3.8, 4) is 0 Å². The highest BCUT2D eigenvalue weighted by Crippen LogP contribution is 2.23. The lowest BCUT2D eigenvalue weighted by atomic mass is 10.1. The summed E-state index contributed by atoms with van der Waals surface area (Å²) in [6.45, 7) is 7.05. The lowest BCUT2D eigenvalue weighted by molar-refractivity contribution is 0.153. The predicted molar refractivity (Wildman–Crippen MR) is 124 cm³/mol. The molecule has 2 N–H and O–H groups in total. The Labute approximate surface area is 180 Å². The van der Waals surface area contributed by atoms with Crippen molar-refractivity contribution < 1.29 is 4.74 Å². The highest BCUT2D eigenvalue weighted by atomic mass is 127. The molecule has 0 saturated carbocycles. The van der Waals surface area contributed by atoms with Crippen LogP contribution in [0.15, 0.2) is 40.9 Å². The molecule has 1 aromatic carbocycles. The first-order valence-electron chi connectivity index (χ1n) is 9.84. The van der Waals surface area contributed by atoms with Crippen molar-refractivity contribution in [1.29, 1.82) is 0 Å². The van der Waals surface area contributed by atoms with Crippen LogP contribution in [0.5, 0.6) is 0 Å². The second-order valence-corrected chi connectivity index (χ2v) is 7.09. The van der Waals surface area contributed by atoms with Gasteiger partial charge in [0.15, 0.2) is 5.96 Å². The molecule has 0 aromatic heterocycles. The fraction of sp³-hybridized carbons (Fsp3) is 0.571. The first kappa shape index (κ1) is 22.0. The second kappa shape index (κ2) is 11.5. The van der Waals surface area contributed by atoms with Crippen molar-refractivity contribution >= 4 is 35.6 Å². The zero-order valence-corrected chi connectivity index (χ0v) is 18.9. The molecule has 2 heterocycles. The Bertz CT molecular complexity index is 641. The number of ether oxygens (including phenoxy) is 1. The quantitative estimate of drug-likeness (QED) is 0.279. The van der Waals surface area contributed by atoms with Gasteiger partial charge in [0.25, 0.3) is 0 Å². The Hall–Kier alpha value is -1.28. The van der Waals surface area contributed by atoms with E-state index in [-0.39, 0.29) is 30.0 Å². The van der Waals surface area contributed by atoms with Gasteiger partial charge in [-0.2, -0.15) is 0 Å². The number of guanidine groups is 1. The van der Waals surface area contributed by atoms with Gasteiger partial charge in [-0.25, -0.2) is 0 Å². The monoisotopic (exact) mass is 484 g/mol. The van der Waals surface area contributed by atoms with E-state index in [1.54, 1.807) is 0 Å². The SMILES string of the molecule is CN=C(NCCC1=CCOCC1)NC(C)c1cccc(N2CCCC2)c1.I. The van der Waals surface area contributed by atoms with Gasteiger partial charge in [-0.1, -0.05) is 23.8 Å². The Balaban J connectivity index is 0.00000261. The molecule has 1 unspecified atom stereocenters. The number of anilines is 1.